The molecular weight excluding hydrogens is 1540 g/mol. The summed E-state index contributed by atoms with van der Waals surface area (Å²) in [6.07, 6.45) is -79.1. The molecule has 0 aliphatic heterocycles. The molecule has 40 heteroatoms. The fraction of sp³-hybridized carbons (Fsp3) is 0.281. The van der Waals surface area contributed by atoms with Gasteiger partial charge in [-0.1, -0.05) is 0 Å². The van der Waals surface area contributed by atoms with E-state index in [1.165, 1.54) is 36.1 Å². The van der Waals surface area contributed by atoms with Crippen LogP contribution in [0.5, 0.6) is 0 Å². The molecule has 2 nitrogen and oxygen atoms in total. The first-order valence-electron chi connectivity index (χ1n) is 28.3. The molecule has 2 heterocycles. The lowest BCUT2D eigenvalue weighted by atomic mass is 9.79. The van der Waals surface area contributed by atoms with Crippen LogP contribution in [0.15, 0.2) is 158 Å². The molecule has 9 rings (SSSR count). The zero-order valence-electron chi connectivity index (χ0n) is 50.8. The molecular formula is C64H36F36N2P2+4. The molecule has 1 saturated carbocycles. The second-order valence-electron chi connectivity index (χ2n) is 24.0. The molecule has 0 saturated heterocycles. The van der Waals surface area contributed by atoms with Crippen molar-refractivity contribution in [3.63, 3.8) is 0 Å². The monoisotopic (exact) mass is 1580 g/mol. The van der Waals surface area contributed by atoms with Crippen LogP contribution in [-0.2, 0) is 86.4 Å². The summed E-state index contributed by atoms with van der Waals surface area (Å²) in [5.74, 6) is 0. The first-order chi connectivity index (χ1) is 46.8. The fourth-order valence-corrected chi connectivity index (χ4v) is 24.9. The number of hydrogen-bond donors (Lipinski definition) is 0. The predicted molar refractivity (Wildman–Crippen MR) is 299 cm³/mol. The summed E-state index contributed by atoms with van der Waals surface area (Å²) in [6, 6.07) is -10.4. The van der Waals surface area contributed by atoms with Gasteiger partial charge in [-0.05, 0) is 127 Å². The van der Waals surface area contributed by atoms with Crippen LogP contribution in [0.1, 0.15) is 86.5 Å². The lowest BCUT2D eigenvalue weighted by Crippen LogP contribution is -2.74. The van der Waals surface area contributed by atoms with E-state index in [0.717, 1.165) is 0 Å². The molecule has 104 heavy (non-hydrogen) atoms. The van der Waals surface area contributed by atoms with E-state index in [4.69, 9.17) is 0 Å². The summed E-state index contributed by atoms with van der Waals surface area (Å²) in [6.45, 7) is 0.0923. The van der Waals surface area contributed by atoms with Crippen LogP contribution in [0.2, 0.25) is 0 Å². The number of alkyl halides is 36. The molecule has 1 fully saturated rings. The maximum absolute atomic E-state index is 15.7. The summed E-state index contributed by atoms with van der Waals surface area (Å²) in [5, 5.41) is -22.0. The van der Waals surface area contributed by atoms with Crippen LogP contribution in [0.4, 0.5) is 158 Å². The highest BCUT2D eigenvalue weighted by molar-refractivity contribution is 7.98. The average molecular weight is 1580 g/mol. The molecule has 1 aliphatic carbocycles. The predicted octanol–water partition coefficient (Wildman–Crippen LogP) is 20.9. The summed E-state index contributed by atoms with van der Waals surface area (Å²) >= 11 is 0. The van der Waals surface area contributed by atoms with Crippen molar-refractivity contribution in [2.75, 3.05) is 0 Å². The molecule has 0 amide bonds. The first-order valence-corrected chi connectivity index (χ1v) is 31.9. The van der Waals surface area contributed by atoms with Crippen LogP contribution < -0.4 is 41.0 Å². The van der Waals surface area contributed by atoms with Crippen LogP contribution in [0, 0.1) is 0 Å². The van der Waals surface area contributed by atoms with Gasteiger partial charge >= 0.3 is 74.1 Å². The normalized spacial score (nSPS) is 17.5. The number of nitrogens with zero attached hydrogens (tertiary/aromatic N) is 2. The van der Waals surface area contributed by atoms with E-state index < -0.39 is 320 Å². The minimum absolute atomic E-state index is 0.0816. The molecule has 0 atom stereocenters. The lowest BCUT2D eigenvalue weighted by molar-refractivity contribution is -0.753. The fourth-order valence-electron chi connectivity index (χ4n) is 12.9. The maximum atomic E-state index is 15.7. The summed E-state index contributed by atoms with van der Waals surface area (Å²) in [7, 11) is -13.1. The molecule has 1 aliphatic rings. The summed E-state index contributed by atoms with van der Waals surface area (Å²) in [4.78, 5) is 0. The van der Waals surface area contributed by atoms with Gasteiger partial charge in [-0.2, -0.15) is 163 Å². The summed E-state index contributed by atoms with van der Waals surface area (Å²) < 4.78 is 563. The van der Waals surface area contributed by atoms with E-state index in [1.54, 1.807) is 0 Å². The van der Waals surface area contributed by atoms with Crippen molar-refractivity contribution in [1.29, 1.82) is 0 Å². The van der Waals surface area contributed by atoms with Crippen LogP contribution >= 0.6 is 14.5 Å². The Morgan fingerprint density at radius 2 is 0.394 bits per heavy atom. The van der Waals surface area contributed by atoms with Gasteiger partial charge in [0.1, 0.15) is 51.3 Å². The Labute approximate surface area is 559 Å². The lowest BCUT2D eigenvalue weighted by Gasteiger charge is -2.57. The smallest absolute Gasteiger partial charge is 0.208 e. The third-order valence-electron chi connectivity index (χ3n) is 17.1. The summed E-state index contributed by atoms with van der Waals surface area (Å²) in [5.41, 5.74) is -34.6. The molecule has 8 aromatic rings. The van der Waals surface area contributed by atoms with Crippen molar-refractivity contribution in [3.8, 4) is 11.1 Å². The van der Waals surface area contributed by atoms with E-state index in [1.807, 2.05) is 0 Å². The van der Waals surface area contributed by atoms with Gasteiger partial charge in [0.25, 0.3) is 5.28 Å². The topological polar surface area (TPSA) is 7.76 Å². The van der Waals surface area contributed by atoms with Crippen LogP contribution in [0.3, 0.4) is 0 Å². The number of hydrogen-bond acceptors (Lipinski definition) is 0. The maximum Gasteiger partial charge on any atom is 0.416 e. The molecule has 2 aromatic heterocycles. The number of rotatable bonds is 10. The molecule has 6 aromatic carbocycles. The van der Waals surface area contributed by atoms with E-state index in [9.17, 15) is 0 Å². The van der Waals surface area contributed by atoms with Crippen molar-refractivity contribution < 1.29 is 167 Å². The van der Waals surface area contributed by atoms with Gasteiger partial charge in [0.05, 0.1) is 79.6 Å². The van der Waals surface area contributed by atoms with Gasteiger partial charge in [-0.15, -0.1) is 0 Å². The van der Waals surface area contributed by atoms with E-state index in [0.29, 0.717) is 24.5 Å². The van der Waals surface area contributed by atoms with Crippen molar-refractivity contribution in [3.05, 3.63) is 225 Å². The van der Waals surface area contributed by atoms with E-state index in [-0.39, 0.29) is 22.6 Å². The Morgan fingerprint density at radius 1 is 0.240 bits per heavy atom. The van der Waals surface area contributed by atoms with Gasteiger partial charge in [-0.25, -0.2) is 4.57 Å². The minimum Gasteiger partial charge on any atom is -0.208 e. The number of aryl methyl sites for hydroxylation is 1. The molecule has 0 N–H and O–H groups in total. The van der Waals surface area contributed by atoms with Gasteiger partial charge in [0.2, 0.25) is 0 Å². The minimum atomic E-state index is -7.33. The molecule has 0 unspecified atom stereocenters. The quantitative estimate of drug-likeness (QED) is 0.0732. The number of halogens is 36. The second kappa shape index (κ2) is 25.3. The third-order valence-corrected chi connectivity index (χ3v) is 27.1. The van der Waals surface area contributed by atoms with Crippen LogP contribution in [-0.4, -0.2) is 5.16 Å². The number of benzene rings is 6. The second-order valence-corrected chi connectivity index (χ2v) is 31.7. The third kappa shape index (κ3) is 15.1. The van der Waals surface area contributed by atoms with Gasteiger partial charge < -0.3 is 0 Å². The average Bonchev–Trinajstić information content (AvgIpc) is 0.651. The first kappa shape index (κ1) is 80.1. The van der Waals surface area contributed by atoms with E-state index in [2.05, 4.69) is 0 Å². The molecule has 0 radical (unpaired) electrons. The standard InChI is InChI=1S/C64H36F36N2P2/c1-51(103(45-17-33(53(65,66)67)11-34(18-45)54(68,69)70,46-19-35(55(71,72)73)12-36(20-46)56(74,75)76)47-21-37(57(77,78)79)13-38(22-47)58(80,81)82)29-52(30-51,102-9-5-32(6-10-102)31-3-7-101(2)8-4-31)104(48-23-39(59(83,84)85)14-40(24-48)60(86,87)88,49-25-41(61(89,90)91)15-42(26-49)62(92,93)94)50-27-43(63(95,96)97)16-44(28-50)64(98,99)100/h3-28H,29-30H2,1-2H3/q+4. The Balaban J connectivity index is 1.72. The SMILES string of the molecule is C[n+]1ccc(-c2cc[n+](C3([P+](c4cc(C(F)(F)F)cc(C(F)(F)F)c4)(c4cc(C(F)(F)F)cc(C(F)(F)F)c4)c4cc(C(F)(F)F)cc(C(F)(F)F)c4)CC(C)([P+](c4cc(C(F)(F)F)cc(C(F)(F)F)c4)(c4cc(C(F)(F)F)cc(C(F)(F)F)c4)c4cc(C(F)(F)F)cc(C(F)(F)F)c4)C3)cc2)cc1. The van der Waals surface area contributed by atoms with Crippen molar-refractivity contribution >= 4 is 46.4 Å². The Morgan fingerprint density at radius 3 is 0.558 bits per heavy atom. The molecule has 0 bridgehead atoms. The molecule has 560 valence electrons. The highest BCUT2D eigenvalue weighted by atomic mass is 31.2. The Bertz CT molecular complexity index is 4010. The van der Waals surface area contributed by atoms with Crippen molar-refractivity contribution in [2.24, 2.45) is 7.05 Å². The van der Waals surface area contributed by atoms with Gasteiger partial charge in [0.15, 0.2) is 32.0 Å². The van der Waals surface area contributed by atoms with Gasteiger partial charge in [0, 0.05) is 24.3 Å². The highest BCUT2D eigenvalue weighted by Crippen LogP contribution is 2.85. The van der Waals surface area contributed by atoms with Crippen LogP contribution in [0.25, 0.3) is 11.1 Å². The number of aromatic nitrogens is 2. The zero-order chi connectivity index (χ0) is 78.5. The number of pyridine rings is 2. The largest absolute Gasteiger partial charge is 0.416 e. The van der Waals surface area contributed by atoms with Gasteiger partial charge in [-0.3, -0.25) is 0 Å². The molecule has 0 spiro atoms. The Hall–Kier alpha value is -8.04. The highest BCUT2D eigenvalue weighted by Gasteiger charge is 2.85. The zero-order valence-corrected chi connectivity index (χ0v) is 52.6. The van der Waals surface area contributed by atoms with Crippen molar-refractivity contribution in [1.82, 2.24) is 0 Å². The van der Waals surface area contributed by atoms with Crippen molar-refractivity contribution in [2.45, 2.75) is 104 Å². The Kier molecular flexibility index (Phi) is 19.5. The van der Waals surface area contributed by atoms with E-state index >= 15 is 158 Å².